The molecular weight excluding hydrogens is 204 g/mol. The number of rotatable bonds is 3. The maximum atomic E-state index is 11.1. The van der Waals surface area contributed by atoms with Crippen molar-refractivity contribution < 1.29 is 15.0 Å². The van der Waals surface area contributed by atoms with Crippen LogP contribution in [0.15, 0.2) is 18.2 Å². The van der Waals surface area contributed by atoms with Crippen molar-refractivity contribution in [1.82, 2.24) is 0 Å². The molecule has 0 radical (unpaired) electrons. The zero-order valence-corrected chi connectivity index (χ0v) is 10.1. The van der Waals surface area contributed by atoms with Crippen LogP contribution in [-0.4, -0.2) is 16.2 Å². The van der Waals surface area contributed by atoms with Gasteiger partial charge in [-0.05, 0) is 38.8 Å². The Morgan fingerprint density at radius 2 is 1.88 bits per heavy atom. The first-order valence-electron chi connectivity index (χ1n) is 5.25. The number of carboxylic acids is 1. The fraction of sp³-hybridized carbons (Fsp3) is 0.462. The average molecular weight is 222 g/mol. The number of aliphatic carboxylic acids is 1. The fourth-order valence-electron chi connectivity index (χ4n) is 1.64. The van der Waals surface area contributed by atoms with E-state index in [1.165, 1.54) is 13.8 Å². The minimum Gasteiger partial charge on any atom is -0.481 e. The van der Waals surface area contributed by atoms with Gasteiger partial charge in [-0.2, -0.15) is 0 Å². The normalized spacial score (nSPS) is 13.6. The Labute approximate surface area is 95.7 Å². The number of benzene rings is 1. The van der Waals surface area contributed by atoms with Crippen molar-refractivity contribution in [2.24, 2.45) is 5.41 Å². The van der Waals surface area contributed by atoms with Crippen LogP contribution < -0.4 is 0 Å². The molecule has 1 atom stereocenters. The lowest BCUT2D eigenvalue weighted by atomic mass is 9.81. The number of carboxylic acid groups (broad SMARTS) is 1. The van der Waals surface area contributed by atoms with Gasteiger partial charge in [-0.25, -0.2) is 0 Å². The van der Waals surface area contributed by atoms with Gasteiger partial charge in [0.15, 0.2) is 0 Å². The van der Waals surface area contributed by atoms with Crippen molar-refractivity contribution >= 4 is 5.97 Å². The van der Waals surface area contributed by atoms with Gasteiger partial charge in [0.05, 0.1) is 11.5 Å². The standard InChI is InChI=1S/C13H18O3/c1-8-5-6-10(9(2)7-8)11(14)13(3,4)12(15)16/h5-7,11,14H,1-4H3,(H,15,16). The van der Waals surface area contributed by atoms with E-state index in [0.29, 0.717) is 5.56 Å². The predicted molar refractivity (Wildman–Crippen MR) is 62.3 cm³/mol. The Balaban J connectivity index is 3.14. The Morgan fingerprint density at radius 3 is 2.31 bits per heavy atom. The van der Waals surface area contributed by atoms with Crippen molar-refractivity contribution in [3.63, 3.8) is 0 Å². The molecule has 0 amide bonds. The molecule has 3 heteroatoms. The predicted octanol–water partition coefficient (Wildman–Crippen LogP) is 2.45. The maximum Gasteiger partial charge on any atom is 0.312 e. The number of aliphatic hydroxyl groups excluding tert-OH is 1. The number of hydrogen-bond donors (Lipinski definition) is 2. The van der Waals surface area contributed by atoms with Gasteiger partial charge in [0.1, 0.15) is 0 Å². The quantitative estimate of drug-likeness (QED) is 0.825. The smallest absolute Gasteiger partial charge is 0.312 e. The number of aryl methyl sites for hydroxylation is 2. The molecule has 0 saturated heterocycles. The molecule has 1 aromatic carbocycles. The molecule has 0 fully saturated rings. The first-order valence-corrected chi connectivity index (χ1v) is 5.25. The summed E-state index contributed by atoms with van der Waals surface area (Å²) in [5, 5.41) is 19.2. The molecule has 0 aliphatic heterocycles. The van der Waals surface area contributed by atoms with Crippen LogP contribution in [0.5, 0.6) is 0 Å². The molecule has 0 aliphatic rings. The van der Waals surface area contributed by atoms with Gasteiger partial charge in [0, 0.05) is 0 Å². The van der Waals surface area contributed by atoms with E-state index in [-0.39, 0.29) is 0 Å². The van der Waals surface area contributed by atoms with Crippen LogP contribution in [-0.2, 0) is 4.79 Å². The zero-order chi connectivity index (χ0) is 12.5. The SMILES string of the molecule is Cc1ccc(C(O)C(C)(C)C(=O)O)c(C)c1. The zero-order valence-electron chi connectivity index (χ0n) is 10.1. The van der Waals surface area contributed by atoms with Gasteiger partial charge in [-0.15, -0.1) is 0 Å². The van der Waals surface area contributed by atoms with Gasteiger partial charge >= 0.3 is 5.97 Å². The molecule has 2 N–H and O–H groups in total. The molecule has 0 aliphatic carbocycles. The summed E-state index contributed by atoms with van der Waals surface area (Å²) in [7, 11) is 0. The van der Waals surface area contributed by atoms with E-state index in [1.54, 1.807) is 6.07 Å². The molecule has 88 valence electrons. The Kier molecular flexibility index (Phi) is 3.38. The minimum atomic E-state index is -1.18. The van der Waals surface area contributed by atoms with Crippen LogP contribution in [0.3, 0.4) is 0 Å². The summed E-state index contributed by atoms with van der Waals surface area (Å²) < 4.78 is 0. The molecule has 3 nitrogen and oxygen atoms in total. The third-order valence-corrected chi connectivity index (χ3v) is 2.95. The first kappa shape index (κ1) is 12.7. The summed E-state index contributed by atoms with van der Waals surface area (Å²) in [6, 6.07) is 5.61. The highest BCUT2D eigenvalue weighted by Crippen LogP contribution is 2.35. The highest BCUT2D eigenvalue weighted by atomic mass is 16.4. The lowest BCUT2D eigenvalue weighted by molar-refractivity contribution is -0.153. The molecule has 1 unspecified atom stereocenters. The van der Waals surface area contributed by atoms with Gasteiger partial charge in [-0.1, -0.05) is 23.8 Å². The molecule has 0 heterocycles. The van der Waals surface area contributed by atoms with Gasteiger partial charge < -0.3 is 10.2 Å². The van der Waals surface area contributed by atoms with Crippen molar-refractivity contribution in [2.75, 3.05) is 0 Å². The molecule has 1 rings (SSSR count). The Morgan fingerprint density at radius 1 is 1.31 bits per heavy atom. The van der Waals surface area contributed by atoms with Crippen LogP contribution in [0.25, 0.3) is 0 Å². The summed E-state index contributed by atoms with van der Waals surface area (Å²) in [4.78, 5) is 11.1. The third kappa shape index (κ3) is 2.25. The summed E-state index contributed by atoms with van der Waals surface area (Å²) in [6.45, 7) is 6.90. The van der Waals surface area contributed by atoms with Gasteiger partial charge in [-0.3, -0.25) is 4.79 Å². The van der Waals surface area contributed by atoms with Crippen LogP contribution in [0, 0.1) is 19.3 Å². The number of aliphatic hydroxyl groups is 1. The largest absolute Gasteiger partial charge is 0.481 e. The second kappa shape index (κ2) is 4.26. The monoisotopic (exact) mass is 222 g/mol. The van der Waals surface area contributed by atoms with Gasteiger partial charge in [0.25, 0.3) is 0 Å². The van der Waals surface area contributed by atoms with Gasteiger partial charge in [0.2, 0.25) is 0 Å². The minimum absolute atomic E-state index is 0.679. The third-order valence-electron chi connectivity index (χ3n) is 2.95. The summed E-state index contributed by atoms with van der Waals surface area (Å²) in [6.07, 6.45) is -0.995. The second-order valence-electron chi connectivity index (χ2n) is 4.79. The molecule has 0 bridgehead atoms. The molecule has 16 heavy (non-hydrogen) atoms. The van der Waals surface area contributed by atoms with E-state index in [4.69, 9.17) is 5.11 Å². The van der Waals surface area contributed by atoms with E-state index in [2.05, 4.69) is 0 Å². The Hall–Kier alpha value is -1.35. The first-order chi connectivity index (χ1) is 7.26. The number of hydrogen-bond acceptors (Lipinski definition) is 2. The lowest BCUT2D eigenvalue weighted by Gasteiger charge is -2.27. The van der Waals surface area contributed by atoms with E-state index in [9.17, 15) is 9.90 Å². The molecule has 0 aromatic heterocycles. The topological polar surface area (TPSA) is 57.5 Å². The molecule has 1 aromatic rings. The van der Waals surface area contributed by atoms with Crippen LogP contribution in [0.2, 0.25) is 0 Å². The highest BCUT2D eigenvalue weighted by Gasteiger charge is 2.37. The van der Waals surface area contributed by atoms with E-state index < -0.39 is 17.5 Å². The second-order valence-corrected chi connectivity index (χ2v) is 4.79. The maximum absolute atomic E-state index is 11.1. The average Bonchev–Trinajstić information content (AvgIpc) is 2.16. The summed E-state index contributed by atoms with van der Waals surface area (Å²) in [5.41, 5.74) is 1.52. The summed E-state index contributed by atoms with van der Waals surface area (Å²) >= 11 is 0. The van der Waals surface area contributed by atoms with Crippen molar-refractivity contribution in [3.8, 4) is 0 Å². The van der Waals surface area contributed by atoms with E-state index in [0.717, 1.165) is 11.1 Å². The highest BCUT2D eigenvalue weighted by molar-refractivity contribution is 5.74. The molecule has 0 saturated carbocycles. The van der Waals surface area contributed by atoms with Crippen molar-refractivity contribution in [1.29, 1.82) is 0 Å². The van der Waals surface area contributed by atoms with E-state index in [1.807, 2.05) is 26.0 Å². The molecule has 0 spiro atoms. The fourth-order valence-corrected chi connectivity index (χ4v) is 1.64. The van der Waals surface area contributed by atoms with Crippen LogP contribution in [0.4, 0.5) is 0 Å². The van der Waals surface area contributed by atoms with Crippen LogP contribution >= 0.6 is 0 Å². The lowest BCUT2D eigenvalue weighted by Crippen LogP contribution is -2.31. The molecular formula is C13H18O3. The van der Waals surface area contributed by atoms with E-state index >= 15 is 0 Å². The van der Waals surface area contributed by atoms with Crippen molar-refractivity contribution in [3.05, 3.63) is 34.9 Å². The van der Waals surface area contributed by atoms with Crippen LogP contribution in [0.1, 0.15) is 36.6 Å². The van der Waals surface area contributed by atoms with Crippen molar-refractivity contribution in [2.45, 2.75) is 33.8 Å². The summed E-state index contributed by atoms with van der Waals surface area (Å²) in [5.74, 6) is -1.00. The Bertz CT molecular complexity index is 408. The number of carbonyl (C=O) groups is 1.